The molecule has 3 saturated heterocycles. The Hall–Kier alpha value is -1.59. The van der Waals surface area contributed by atoms with E-state index in [-0.39, 0.29) is 41.3 Å². The molecule has 0 amide bonds. The molecule has 0 aromatic heterocycles. The number of ether oxygens (including phenoxy) is 3. The van der Waals surface area contributed by atoms with E-state index >= 15 is 0 Å². The average molecular weight is 352 g/mol. The summed E-state index contributed by atoms with van der Waals surface area (Å²) in [6.45, 7) is 6.57. The molecule has 140 valence electrons. The Labute approximate surface area is 148 Å². The molecule has 0 saturated carbocycles. The molecule has 3 rings (SSSR count). The van der Waals surface area contributed by atoms with Gasteiger partial charge in [0.15, 0.2) is 0 Å². The Morgan fingerprint density at radius 2 is 1.84 bits per heavy atom. The van der Waals surface area contributed by atoms with Gasteiger partial charge in [0.2, 0.25) is 0 Å². The third-order valence-corrected chi connectivity index (χ3v) is 5.98. The lowest BCUT2D eigenvalue weighted by Crippen LogP contribution is -2.51. The largest absolute Gasteiger partial charge is 0.465 e. The summed E-state index contributed by atoms with van der Waals surface area (Å²) in [5, 5.41) is 0. The summed E-state index contributed by atoms with van der Waals surface area (Å²) >= 11 is 0. The first-order valence-corrected chi connectivity index (χ1v) is 9.34. The number of carbonyl (C=O) groups is 3. The minimum atomic E-state index is -0.441. The average Bonchev–Trinajstić information content (AvgIpc) is 2.49. The molecule has 3 heterocycles. The van der Waals surface area contributed by atoms with Crippen molar-refractivity contribution in [2.75, 3.05) is 6.61 Å². The number of cyclic esters (lactones) is 3. The first-order chi connectivity index (χ1) is 11.8. The smallest absolute Gasteiger partial charge is 0.313 e. The summed E-state index contributed by atoms with van der Waals surface area (Å²) < 4.78 is 16.3. The van der Waals surface area contributed by atoms with Crippen LogP contribution in [-0.2, 0) is 28.6 Å². The highest BCUT2D eigenvalue weighted by atomic mass is 16.6. The number of esters is 3. The van der Waals surface area contributed by atoms with E-state index < -0.39 is 12.0 Å². The van der Waals surface area contributed by atoms with E-state index in [0.717, 1.165) is 12.8 Å². The predicted molar refractivity (Wildman–Crippen MR) is 88.3 cm³/mol. The second-order valence-electron chi connectivity index (χ2n) is 8.43. The summed E-state index contributed by atoms with van der Waals surface area (Å²) in [6.07, 6.45) is 3.19. The van der Waals surface area contributed by atoms with Gasteiger partial charge in [0, 0.05) is 6.42 Å². The quantitative estimate of drug-likeness (QED) is 0.574. The van der Waals surface area contributed by atoms with Crippen molar-refractivity contribution < 1.29 is 28.6 Å². The van der Waals surface area contributed by atoms with Crippen molar-refractivity contribution in [2.24, 2.45) is 23.2 Å². The lowest BCUT2D eigenvalue weighted by molar-refractivity contribution is -0.191. The maximum absolute atomic E-state index is 12.7. The van der Waals surface area contributed by atoms with E-state index in [1.54, 1.807) is 0 Å². The van der Waals surface area contributed by atoms with Gasteiger partial charge in [0.05, 0.1) is 18.4 Å². The molecule has 3 aliphatic heterocycles. The molecule has 25 heavy (non-hydrogen) atoms. The monoisotopic (exact) mass is 352 g/mol. The SMILES string of the molecule is CC1CCOC(=O)C1CC1CC(C)(C)C([C@H]2CCCC(=O)O2)C(=O)O1. The van der Waals surface area contributed by atoms with E-state index in [2.05, 4.69) is 0 Å². The molecule has 6 nitrogen and oxygen atoms in total. The van der Waals surface area contributed by atoms with Crippen LogP contribution < -0.4 is 0 Å². The number of hydrogen-bond acceptors (Lipinski definition) is 6. The first kappa shape index (κ1) is 18.2. The highest BCUT2D eigenvalue weighted by Gasteiger charge is 2.50. The Balaban J connectivity index is 1.68. The van der Waals surface area contributed by atoms with E-state index in [4.69, 9.17) is 14.2 Å². The number of hydrogen-bond donors (Lipinski definition) is 0. The van der Waals surface area contributed by atoms with Gasteiger partial charge in [-0.25, -0.2) is 0 Å². The van der Waals surface area contributed by atoms with E-state index in [9.17, 15) is 14.4 Å². The van der Waals surface area contributed by atoms with Crippen molar-refractivity contribution in [3.63, 3.8) is 0 Å². The molecule has 0 aromatic rings. The molecule has 4 unspecified atom stereocenters. The minimum absolute atomic E-state index is 0.184. The number of carbonyl (C=O) groups excluding carboxylic acids is 3. The Kier molecular flexibility index (Phi) is 5.07. The van der Waals surface area contributed by atoms with Crippen LogP contribution in [0.1, 0.15) is 59.3 Å². The first-order valence-electron chi connectivity index (χ1n) is 9.34. The molecule has 5 atom stereocenters. The zero-order valence-corrected chi connectivity index (χ0v) is 15.3. The molecule has 0 aromatic carbocycles. The maximum atomic E-state index is 12.7. The molecule has 3 fully saturated rings. The summed E-state index contributed by atoms with van der Waals surface area (Å²) in [6, 6.07) is 0. The zero-order chi connectivity index (χ0) is 18.2. The minimum Gasteiger partial charge on any atom is -0.465 e. The normalized spacial score (nSPS) is 38.5. The highest BCUT2D eigenvalue weighted by molar-refractivity contribution is 5.77. The lowest BCUT2D eigenvalue weighted by Gasteiger charge is -2.45. The van der Waals surface area contributed by atoms with Crippen LogP contribution in [0.5, 0.6) is 0 Å². The highest BCUT2D eigenvalue weighted by Crippen LogP contribution is 2.45. The second-order valence-corrected chi connectivity index (χ2v) is 8.43. The van der Waals surface area contributed by atoms with Gasteiger partial charge in [-0.05, 0) is 43.4 Å². The molecule has 0 spiro atoms. The third kappa shape index (κ3) is 3.82. The van der Waals surface area contributed by atoms with Crippen molar-refractivity contribution >= 4 is 17.9 Å². The Morgan fingerprint density at radius 1 is 1.08 bits per heavy atom. The summed E-state index contributed by atoms with van der Waals surface area (Å²) in [7, 11) is 0. The van der Waals surface area contributed by atoms with Crippen molar-refractivity contribution in [3.05, 3.63) is 0 Å². The van der Waals surface area contributed by atoms with E-state index in [1.165, 1.54) is 0 Å². The van der Waals surface area contributed by atoms with Gasteiger partial charge in [-0.15, -0.1) is 0 Å². The fourth-order valence-corrected chi connectivity index (χ4v) is 4.57. The third-order valence-electron chi connectivity index (χ3n) is 5.98. The molecular weight excluding hydrogens is 324 g/mol. The fraction of sp³-hybridized carbons (Fsp3) is 0.842. The van der Waals surface area contributed by atoms with Crippen LogP contribution in [0.3, 0.4) is 0 Å². The van der Waals surface area contributed by atoms with Crippen LogP contribution in [0.15, 0.2) is 0 Å². The van der Waals surface area contributed by atoms with Crippen LogP contribution in [0.4, 0.5) is 0 Å². The van der Waals surface area contributed by atoms with Crippen molar-refractivity contribution in [3.8, 4) is 0 Å². The molecule has 3 aliphatic rings. The Bertz CT molecular complexity index is 554. The topological polar surface area (TPSA) is 78.9 Å². The molecule has 0 aliphatic carbocycles. The molecule has 0 bridgehead atoms. The van der Waals surface area contributed by atoms with Gasteiger partial charge in [-0.3, -0.25) is 14.4 Å². The van der Waals surface area contributed by atoms with Gasteiger partial charge in [0.1, 0.15) is 12.2 Å². The van der Waals surface area contributed by atoms with Crippen LogP contribution in [0.2, 0.25) is 0 Å². The lowest BCUT2D eigenvalue weighted by atomic mass is 9.68. The maximum Gasteiger partial charge on any atom is 0.313 e. The van der Waals surface area contributed by atoms with Gasteiger partial charge in [0.25, 0.3) is 0 Å². The summed E-state index contributed by atoms with van der Waals surface area (Å²) in [5.74, 6) is -1.15. The summed E-state index contributed by atoms with van der Waals surface area (Å²) in [5.41, 5.74) is -0.343. The van der Waals surface area contributed by atoms with Gasteiger partial charge in [-0.2, -0.15) is 0 Å². The van der Waals surface area contributed by atoms with Gasteiger partial charge in [-0.1, -0.05) is 20.8 Å². The zero-order valence-electron chi connectivity index (χ0n) is 15.3. The standard InChI is InChI=1S/C19H28O6/c1-11-7-8-23-17(21)13(11)9-12-10-19(2,3)16(18(22)24-12)14-5-4-6-15(20)25-14/h11-14,16H,4-10H2,1-3H3/t11?,12?,13?,14-,16?/m1/s1. The van der Waals surface area contributed by atoms with Crippen molar-refractivity contribution in [1.82, 2.24) is 0 Å². The molecule has 0 N–H and O–H groups in total. The molecular formula is C19H28O6. The van der Waals surface area contributed by atoms with Crippen molar-refractivity contribution in [2.45, 2.75) is 71.5 Å². The van der Waals surface area contributed by atoms with Gasteiger partial charge >= 0.3 is 17.9 Å². The fourth-order valence-electron chi connectivity index (χ4n) is 4.57. The number of rotatable bonds is 3. The predicted octanol–water partition coefficient (Wildman–Crippen LogP) is 2.63. The van der Waals surface area contributed by atoms with E-state index in [0.29, 0.717) is 32.3 Å². The molecule has 6 heteroatoms. The molecule has 0 radical (unpaired) electrons. The van der Waals surface area contributed by atoms with Crippen LogP contribution >= 0.6 is 0 Å². The second kappa shape index (κ2) is 6.96. The summed E-state index contributed by atoms with van der Waals surface area (Å²) in [4.78, 5) is 36.4. The van der Waals surface area contributed by atoms with E-state index in [1.807, 2.05) is 20.8 Å². The van der Waals surface area contributed by atoms with Crippen LogP contribution in [-0.4, -0.2) is 36.7 Å². The van der Waals surface area contributed by atoms with Crippen molar-refractivity contribution in [1.29, 1.82) is 0 Å². The van der Waals surface area contributed by atoms with Gasteiger partial charge < -0.3 is 14.2 Å². The van der Waals surface area contributed by atoms with Crippen LogP contribution in [0, 0.1) is 23.2 Å². The van der Waals surface area contributed by atoms with Crippen LogP contribution in [0.25, 0.3) is 0 Å². The Morgan fingerprint density at radius 3 is 2.48 bits per heavy atom.